The molecule has 1 aromatic rings. The van der Waals surface area contributed by atoms with Gasteiger partial charge in [-0.1, -0.05) is 17.8 Å². The van der Waals surface area contributed by atoms with Crippen LogP contribution in [0.4, 0.5) is 5.13 Å². The number of anilines is 1. The summed E-state index contributed by atoms with van der Waals surface area (Å²) < 4.78 is 1.29. The van der Waals surface area contributed by atoms with Gasteiger partial charge in [0, 0.05) is 11.8 Å². The molecule has 1 aliphatic heterocycles. The second kappa shape index (κ2) is 6.07. The highest BCUT2D eigenvalue weighted by Crippen LogP contribution is 2.31. The zero-order chi connectivity index (χ0) is 12.3. The van der Waals surface area contributed by atoms with E-state index in [-0.39, 0.29) is 0 Å². The molecule has 17 heavy (non-hydrogen) atoms. The first-order chi connectivity index (χ1) is 8.16. The summed E-state index contributed by atoms with van der Waals surface area (Å²) in [6, 6.07) is 0.779. The van der Waals surface area contributed by atoms with Crippen LogP contribution < -0.4 is 5.73 Å². The van der Waals surface area contributed by atoms with Crippen molar-refractivity contribution in [2.75, 3.05) is 25.1 Å². The Morgan fingerprint density at radius 1 is 1.53 bits per heavy atom. The summed E-state index contributed by atoms with van der Waals surface area (Å²) in [5.41, 5.74) is 6.79. The van der Waals surface area contributed by atoms with Crippen molar-refractivity contribution in [2.45, 2.75) is 42.9 Å². The van der Waals surface area contributed by atoms with Gasteiger partial charge >= 0.3 is 0 Å². The number of aromatic nitrogens is 1. The van der Waals surface area contributed by atoms with E-state index in [0.29, 0.717) is 5.13 Å². The van der Waals surface area contributed by atoms with E-state index < -0.39 is 0 Å². The largest absolute Gasteiger partial charge is 0.375 e. The number of hydrogen-bond acceptors (Lipinski definition) is 5. The Labute approximate surface area is 112 Å². The Balaban J connectivity index is 1.77. The molecular weight excluding hydrogens is 250 g/mol. The van der Waals surface area contributed by atoms with E-state index in [9.17, 15) is 0 Å². The van der Waals surface area contributed by atoms with Crippen LogP contribution in [0.15, 0.2) is 4.21 Å². The van der Waals surface area contributed by atoms with Gasteiger partial charge in [-0.25, -0.2) is 4.98 Å². The Morgan fingerprint density at radius 3 is 3.00 bits per heavy atom. The summed E-state index contributed by atoms with van der Waals surface area (Å²) in [5.74, 6) is 1.18. The van der Waals surface area contributed by atoms with Gasteiger partial charge in [-0.3, -0.25) is 0 Å². The third kappa shape index (κ3) is 3.60. The number of nitrogens with two attached hydrogens (primary N) is 1. The van der Waals surface area contributed by atoms with Gasteiger partial charge in [-0.15, -0.1) is 11.8 Å². The highest BCUT2D eigenvalue weighted by Gasteiger charge is 2.18. The fourth-order valence-electron chi connectivity index (χ4n) is 2.33. The molecule has 1 saturated heterocycles. The predicted molar refractivity (Wildman–Crippen MR) is 76.9 cm³/mol. The van der Waals surface area contributed by atoms with E-state index in [0.717, 1.165) is 11.7 Å². The minimum Gasteiger partial charge on any atom is -0.375 e. The first-order valence-electron chi connectivity index (χ1n) is 6.23. The van der Waals surface area contributed by atoms with Crippen molar-refractivity contribution >= 4 is 28.2 Å². The van der Waals surface area contributed by atoms with E-state index in [1.165, 1.54) is 42.2 Å². The van der Waals surface area contributed by atoms with Gasteiger partial charge in [0.05, 0.1) is 9.90 Å². The smallest absolute Gasteiger partial charge is 0.181 e. The molecule has 0 spiro atoms. The lowest BCUT2D eigenvalue weighted by Gasteiger charge is -2.32. The number of rotatable bonds is 4. The van der Waals surface area contributed by atoms with E-state index >= 15 is 0 Å². The highest BCUT2D eigenvalue weighted by molar-refractivity contribution is 8.01. The third-order valence-electron chi connectivity index (χ3n) is 3.38. The lowest BCUT2D eigenvalue weighted by Crippen LogP contribution is -2.36. The first kappa shape index (κ1) is 13.2. The van der Waals surface area contributed by atoms with Crippen molar-refractivity contribution in [3.8, 4) is 0 Å². The van der Waals surface area contributed by atoms with E-state index in [2.05, 4.69) is 16.9 Å². The van der Waals surface area contributed by atoms with Crippen LogP contribution >= 0.6 is 23.1 Å². The number of nitrogen functional groups attached to an aromatic ring is 1. The van der Waals surface area contributed by atoms with Crippen LogP contribution in [0.2, 0.25) is 0 Å². The molecule has 2 heterocycles. The van der Waals surface area contributed by atoms with Gasteiger partial charge in [-0.05, 0) is 39.8 Å². The second-order valence-electron chi connectivity index (χ2n) is 4.69. The minimum absolute atomic E-state index is 0.694. The average Bonchev–Trinajstić information content (AvgIpc) is 2.60. The fourth-order valence-corrected chi connectivity index (χ4v) is 4.47. The van der Waals surface area contributed by atoms with Gasteiger partial charge in [-0.2, -0.15) is 0 Å². The van der Waals surface area contributed by atoms with Crippen LogP contribution in [0, 0.1) is 6.92 Å². The molecule has 1 aliphatic rings. The van der Waals surface area contributed by atoms with Crippen LogP contribution in [0.25, 0.3) is 0 Å². The molecule has 5 heteroatoms. The molecule has 96 valence electrons. The van der Waals surface area contributed by atoms with Crippen molar-refractivity contribution in [3.05, 3.63) is 5.69 Å². The third-order valence-corrected chi connectivity index (χ3v) is 5.76. The van der Waals surface area contributed by atoms with Crippen molar-refractivity contribution < 1.29 is 0 Å². The zero-order valence-electron chi connectivity index (χ0n) is 10.6. The molecule has 2 rings (SSSR count). The maximum atomic E-state index is 5.70. The summed E-state index contributed by atoms with van der Waals surface area (Å²) in [6.07, 6.45) is 5.40. The summed E-state index contributed by atoms with van der Waals surface area (Å²) in [5, 5.41) is 0.694. The van der Waals surface area contributed by atoms with E-state index in [1.54, 1.807) is 11.3 Å². The van der Waals surface area contributed by atoms with Gasteiger partial charge in [0.25, 0.3) is 0 Å². The molecule has 0 aliphatic carbocycles. The molecule has 1 fully saturated rings. The number of aryl methyl sites for hydroxylation is 1. The summed E-state index contributed by atoms with van der Waals surface area (Å²) in [6.45, 7) is 3.31. The van der Waals surface area contributed by atoms with Crippen molar-refractivity contribution in [3.63, 3.8) is 0 Å². The molecule has 2 N–H and O–H groups in total. The summed E-state index contributed by atoms with van der Waals surface area (Å²) in [7, 11) is 2.25. The first-order valence-corrected chi connectivity index (χ1v) is 8.03. The molecular formula is C12H21N3S2. The number of piperidine rings is 1. The molecule has 0 bridgehead atoms. The SMILES string of the molecule is Cc1nc(N)sc1SCCC1CCCCN1C. The van der Waals surface area contributed by atoms with Crippen LogP contribution in [0.5, 0.6) is 0 Å². The monoisotopic (exact) mass is 271 g/mol. The second-order valence-corrected chi connectivity index (χ2v) is 7.09. The number of nitrogens with zero attached hydrogens (tertiary/aromatic N) is 2. The van der Waals surface area contributed by atoms with E-state index in [1.807, 2.05) is 18.7 Å². The number of hydrogen-bond donors (Lipinski definition) is 1. The van der Waals surface area contributed by atoms with Crippen molar-refractivity contribution in [2.24, 2.45) is 0 Å². The lowest BCUT2D eigenvalue weighted by molar-refractivity contribution is 0.182. The van der Waals surface area contributed by atoms with Crippen molar-refractivity contribution in [1.82, 2.24) is 9.88 Å². The Hall–Kier alpha value is -0.260. The van der Waals surface area contributed by atoms with Crippen LogP contribution in [0.1, 0.15) is 31.4 Å². The van der Waals surface area contributed by atoms with E-state index in [4.69, 9.17) is 5.73 Å². The van der Waals surface area contributed by atoms with Gasteiger partial charge in [0.2, 0.25) is 0 Å². The Morgan fingerprint density at radius 2 is 2.35 bits per heavy atom. The van der Waals surface area contributed by atoms with Crippen LogP contribution in [0.3, 0.4) is 0 Å². The molecule has 0 amide bonds. The summed E-state index contributed by atoms with van der Waals surface area (Å²) >= 11 is 3.53. The molecule has 0 saturated carbocycles. The van der Waals surface area contributed by atoms with Crippen LogP contribution in [-0.2, 0) is 0 Å². The average molecular weight is 271 g/mol. The van der Waals surface area contributed by atoms with Crippen molar-refractivity contribution in [1.29, 1.82) is 0 Å². The van der Waals surface area contributed by atoms with Gasteiger partial charge < -0.3 is 10.6 Å². The Bertz CT molecular complexity index is 365. The van der Waals surface area contributed by atoms with Crippen LogP contribution in [-0.4, -0.2) is 35.3 Å². The molecule has 1 aromatic heterocycles. The minimum atomic E-state index is 0.694. The number of thioether (sulfide) groups is 1. The quantitative estimate of drug-likeness (QED) is 0.855. The van der Waals surface area contributed by atoms with Gasteiger partial charge in [0.1, 0.15) is 0 Å². The molecule has 0 radical (unpaired) electrons. The molecule has 0 aromatic carbocycles. The molecule has 3 nitrogen and oxygen atoms in total. The summed E-state index contributed by atoms with van der Waals surface area (Å²) in [4.78, 5) is 6.77. The lowest BCUT2D eigenvalue weighted by atomic mass is 10.0. The Kier molecular flexibility index (Phi) is 4.70. The normalized spacial score (nSPS) is 21.9. The maximum absolute atomic E-state index is 5.70. The fraction of sp³-hybridized carbons (Fsp3) is 0.750. The molecule has 1 unspecified atom stereocenters. The standard InChI is InChI=1S/C12H21N3S2/c1-9-11(17-12(13)14-9)16-8-6-10-5-3-4-7-15(10)2/h10H,3-8H2,1-2H3,(H2,13,14). The number of likely N-dealkylation sites (tertiary alicyclic amines) is 1. The topological polar surface area (TPSA) is 42.1 Å². The van der Waals surface area contributed by atoms with Gasteiger partial charge in [0.15, 0.2) is 5.13 Å². The molecule has 1 atom stereocenters. The number of thiazole rings is 1. The highest BCUT2D eigenvalue weighted by atomic mass is 32.2. The maximum Gasteiger partial charge on any atom is 0.181 e. The predicted octanol–water partition coefficient (Wildman–Crippen LogP) is 3.00. The zero-order valence-corrected chi connectivity index (χ0v) is 12.2.